The number of nitrogens with zero attached hydrogens (tertiary/aromatic N) is 2. The van der Waals surface area contributed by atoms with Crippen molar-refractivity contribution in [2.75, 3.05) is 32.7 Å². The summed E-state index contributed by atoms with van der Waals surface area (Å²) in [6, 6.07) is 19.5. The van der Waals surface area contributed by atoms with Gasteiger partial charge in [0.2, 0.25) is 0 Å². The Balaban J connectivity index is 1.26. The van der Waals surface area contributed by atoms with Crippen molar-refractivity contribution >= 4 is 39.9 Å². The highest BCUT2D eigenvalue weighted by Gasteiger charge is 2.20. The summed E-state index contributed by atoms with van der Waals surface area (Å²) in [5, 5.41) is 3.35. The Bertz CT molecular complexity index is 1020. The average molecular weight is 429 g/mol. The summed E-state index contributed by atoms with van der Waals surface area (Å²) in [5.74, 6) is 0.366. The van der Waals surface area contributed by atoms with Crippen molar-refractivity contribution in [2.24, 2.45) is 0 Å². The lowest BCUT2D eigenvalue weighted by molar-refractivity contribution is -0.136. The van der Waals surface area contributed by atoms with E-state index < -0.39 is 0 Å². The molecule has 1 aliphatic heterocycles. The molecule has 0 N–H and O–H groups in total. The number of ether oxygens (including phenoxy) is 1. The molecule has 0 atom stereocenters. The molecule has 0 unspecified atom stereocenters. The summed E-state index contributed by atoms with van der Waals surface area (Å²) in [6.45, 7) is 4.56. The molecule has 3 aromatic carbocycles. The third-order valence-corrected chi connectivity index (χ3v) is 5.90. The van der Waals surface area contributed by atoms with Crippen LogP contribution in [0.2, 0.25) is 10.0 Å². The summed E-state index contributed by atoms with van der Waals surface area (Å²) in [6.07, 6.45) is 0. The van der Waals surface area contributed by atoms with Crippen LogP contribution in [-0.2, 0) is 11.3 Å². The fourth-order valence-corrected chi connectivity index (χ4v) is 3.90. The minimum absolute atomic E-state index is 0.224. The first-order valence-corrected chi connectivity index (χ1v) is 10.4. The third kappa shape index (κ3) is 5.28. The van der Waals surface area contributed by atoms with Crippen molar-refractivity contribution in [1.82, 2.24) is 9.80 Å². The van der Waals surface area contributed by atoms with E-state index in [0.717, 1.165) is 49.1 Å². The van der Waals surface area contributed by atoms with Gasteiger partial charge in [0, 0.05) is 32.7 Å². The van der Waals surface area contributed by atoms with E-state index in [-0.39, 0.29) is 5.97 Å². The standard InChI is InChI=1S/C23H22Cl2N2O2/c24-21-8-5-17(13-22(21)25)15-26-9-11-27(12-10-26)16-23(28)29-20-7-6-18-3-1-2-4-19(18)14-20/h1-8,13-14H,9-12,15-16H2. The van der Waals surface area contributed by atoms with Gasteiger partial charge >= 0.3 is 5.97 Å². The number of halogens is 2. The minimum Gasteiger partial charge on any atom is -0.426 e. The number of carbonyl (C=O) groups is 1. The lowest BCUT2D eigenvalue weighted by Crippen LogP contribution is -2.48. The number of rotatable bonds is 5. The number of esters is 1. The van der Waals surface area contributed by atoms with Gasteiger partial charge in [-0.05, 0) is 40.6 Å². The highest BCUT2D eigenvalue weighted by atomic mass is 35.5. The molecule has 0 bridgehead atoms. The molecule has 1 saturated heterocycles. The summed E-state index contributed by atoms with van der Waals surface area (Å²) in [7, 11) is 0. The first-order valence-electron chi connectivity index (χ1n) is 9.65. The molecule has 150 valence electrons. The SMILES string of the molecule is O=C(CN1CCN(Cc2ccc(Cl)c(Cl)c2)CC1)Oc1ccc2ccccc2c1. The summed E-state index contributed by atoms with van der Waals surface area (Å²) < 4.78 is 5.55. The molecular formula is C23H22Cl2N2O2. The second-order valence-corrected chi connectivity index (χ2v) is 8.10. The Morgan fingerprint density at radius 1 is 0.828 bits per heavy atom. The zero-order valence-corrected chi connectivity index (χ0v) is 17.5. The maximum Gasteiger partial charge on any atom is 0.325 e. The van der Waals surface area contributed by atoms with Gasteiger partial charge in [0.15, 0.2) is 0 Å². The molecular weight excluding hydrogens is 407 g/mol. The Hall–Kier alpha value is -2.11. The molecule has 1 aliphatic rings. The fraction of sp³-hybridized carbons (Fsp3) is 0.261. The highest BCUT2D eigenvalue weighted by molar-refractivity contribution is 6.42. The molecule has 4 nitrogen and oxygen atoms in total. The molecule has 0 radical (unpaired) electrons. The Morgan fingerprint density at radius 2 is 1.55 bits per heavy atom. The van der Waals surface area contributed by atoms with Gasteiger partial charge in [-0.1, -0.05) is 59.6 Å². The molecule has 1 heterocycles. The quantitative estimate of drug-likeness (QED) is 0.428. The van der Waals surface area contributed by atoms with E-state index in [1.165, 1.54) is 0 Å². The van der Waals surface area contributed by atoms with Crippen LogP contribution < -0.4 is 4.74 Å². The fourth-order valence-electron chi connectivity index (χ4n) is 3.58. The van der Waals surface area contributed by atoms with Gasteiger partial charge in [0.25, 0.3) is 0 Å². The van der Waals surface area contributed by atoms with Crippen LogP contribution in [0, 0.1) is 0 Å². The van der Waals surface area contributed by atoms with E-state index in [2.05, 4.69) is 9.80 Å². The maximum atomic E-state index is 12.4. The first-order chi connectivity index (χ1) is 14.1. The topological polar surface area (TPSA) is 32.8 Å². The normalized spacial score (nSPS) is 15.5. The van der Waals surface area contributed by atoms with Gasteiger partial charge < -0.3 is 4.74 Å². The Kier molecular flexibility index (Phi) is 6.36. The van der Waals surface area contributed by atoms with Crippen LogP contribution in [0.5, 0.6) is 5.75 Å². The lowest BCUT2D eigenvalue weighted by Gasteiger charge is -2.34. The number of benzene rings is 3. The molecule has 29 heavy (non-hydrogen) atoms. The van der Waals surface area contributed by atoms with Gasteiger partial charge in [-0.15, -0.1) is 0 Å². The number of hydrogen-bond donors (Lipinski definition) is 0. The molecule has 0 aliphatic carbocycles. The van der Waals surface area contributed by atoms with Crippen molar-refractivity contribution < 1.29 is 9.53 Å². The van der Waals surface area contributed by atoms with Crippen LogP contribution in [-0.4, -0.2) is 48.5 Å². The zero-order valence-electron chi connectivity index (χ0n) is 16.0. The van der Waals surface area contributed by atoms with E-state index in [4.69, 9.17) is 27.9 Å². The molecule has 1 fully saturated rings. The van der Waals surface area contributed by atoms with Gasteiger partial charge in [-0.3, -0.25) is 14.6 Å². The smallest absolute Gasteiger partial charge is 0.325 e. The van der Waals surface area contributed by atoms with E-state index >= 15 is 0 Å². The van der Waals surface area contributed by atoms with Crippen molar-refractivity contribution in [3.8, 4) is 5.75 Å². The second kappa shape index (κ2) is 9.14. The van der Waals surface area contributed by atoms with Crippen LogP contribution >= 0.6 is 23.2 Å². The van der Waals surface area contributed by atoms with Crippen molar-refractivity contribution in [1.29, 1.82) is 0 Å². The van der Waals surface area contributed by atoms with Crippen molar-refractivity contribution in [2.45, 2.75) is 6.54 Å². The molecule has 0 aromatic heterocycles. The Morgan fingerprint density at radius 3 is 2.31 bits per heavy atom. The van der Waals surface area contributed by atoms with Crippen LogP contribution in [0.4, 0.5) is 0 Å². The molecule has 6 heteroatoms. The summed E-state index contributed by atoms with van der Waals surface area (Å²) in [4.78, 5) is 16.8. The number of fused-ring (bicyclic) bond motifs is 1. The van der Waals surface area contributed by atoms with Crippen LogP contribution in [0.3, 0.4) is 0 Å². The van der Waals surface area contributed by atoms with Crippen LogP contribution in [0.15, 0.2) is 60.7 Å². The van der Waals surface area contributed by atoms with E-state index in [9.17, 15) is 4.79 Å². The predicted molar refractivity (Wildman–Crippen MR) is 118 cm³/mol. The molecule has 0 saturated carbocycles. The number of piperazine rings is 1. The van der Waals surface area contributed by atoms with Gasteiger partial charge in [-0.25, -0.2) is 0 Å². The number of hydrogen-bond acceptors (Lipinski definition) is 4. The zero-order chi connectivity index (χ0) is 20.2. The predicted octanol–water partition coefficient (Wildman–Crippen LogP) is 4.87. The molecule has 0 spiro atoms. The van der Waals surface area contributed by atoms with Crippen molar-refractivity contribution in [3.63, 3.8) is 0 Å². The van der Waals surface area contributed by atoms with E-state index in [1.54, 1.807) is 0 Å². The number of carbonyl (C=O) groups excluding carboxylic acids is 1. The summed E-state index contributed by atoms with van der Waals surface area (Å²) in [5.41, 5.74) is 1.14. The van der Waals surface area contributed by atoms with Gasteiger partial charge in [0.05, 0.1) is 16.6 Å². The average Bonchev–Trinajstić information content (AvgIpc) is 2.72. The Labute approximate surface area is 180 Å². The molecule has 0 amide bonds. The van der Waals surface area contributed by atoms with Crippen LogP contribution in [0.1, 0.15) is 5.56 Å². The van der Waals surface area contributed by atoms with E-state index in [1.807, 2.05) is 60.7 Å². The molecule has 4 rings (SSSR count). The highest BCUT2D eigenvalue weighted by Crippen LogP contribution is 2.24. The van der Waals surface area contributed by atoms with Gasteiger partial charge in [-0.2, -0.15) is 0 Å². The molecule has 3 aromatic rings. The third-order valence-electron chi connectivity index (χ3n) is 5.16. The summed E-state index contributed by atoms with van der Waals surface area (Å²) >= 11 is 12.1. The van der Waals surface area contributed by atoms with Gasteiger partial charge in [0.1, 0.15) is 5.75 Å². The van der Waals surface area contributed by atoms with Crippen LogP contribution in [0.25, 0.3) is 10.8 Å². The maximum absolute atomic E-state index is 12.4. The first kappa shape index (κ1) is 20.2. The largest absolute Gasteiger partial charge is 0.426 e. The van der Waals surface area contributed by atoms with Crippen molar-refractivity contribution in [3.05, 3.63) is 76.3 Å². The lowest BCUT2D eigenvalue weighted by atomic mass is 10.1. The second-order valence-electron chi connectivity index (χ2n) is 7.28. The monoisotopic (exact) mass is 428 g/mol. The van der Waals surface area contributed by atoms with E-state index in [0.29, 0.717) is 22.3 Å². The minimum atomic E-state index is -0.224.